The van der Waals surface area contributed by atoms with Gasteiger partial charge in [-0.05, 0) is 25.7 Å². The van der Waals surface area contributed by atoms with Gasteiger partial charge in [-0.3, -0.25) is 4.79 Å². The van der Waals surface area contributed by atoms with Crippen molar-refractivity contribution in [3.05, 3.63) is 0 Å². The van der Waals surface area contributed by atoms with Crippen LogP contribution in [0.15, 0.2) is 0 Å². The Labute approximate surface area is 76.5 Å². The highest BCUT2D eigenvalue weighted by molar-refractivity contribution is 5.85. The molecule has 1 unspecified atom stereocenters. The Bertz CT molecular complexity index is 221. The molecule has 1 nitrogen and oxygen atoms in total. The van der Waals surface area contributed by atoms with Crippen molar-refractivity contribution >= 4 is 5.78 Å². The summed E-state index contributed by atoms with van der Waals surface area (Å²) in [5, 5.41) is 0. The molecule has 0 N–H and O–H groups in total. The normalized spacial score (nSPS) is 32.9. The Kier molecular flexibility index (Phi) is 2.12. The van der Waals surface area contributed by atoms with Crippen molar-refractivity contribution in [2.45, 2.75) is 44.4 Å². The van der Waals surface area contributed by atoms with E-state index in [9.17, 15) is 13.6 Å². The largest absolute Gasteiger partial charge is 0.299 e. The highest BCUT2D eigenvalue weighted by Gasteiger charge is 2.43. The fourth-order valence-corrected chi connectivity index (χ4v) is 2.12. The van der Waals surface area contributed by atoms with Crippen LogP contribution in [0.3, 0.4) is 0 Å². The molecule has 0 heterocycles. The highest BCUT2D eigenvalue weighted by atomic mass is 19.3. The fraction of sp³-hybridized carbons (Fsp3) is 0.900. The molecule has 3 heteroatoms. The lowest BCUT2D eigenvalue weighted by molar-refractivity contribution is -0.131. The minimum absolute atomic E-state index is 0.0263. The van der Waals surface area contributed by atoms with E-state index >= 15 is 0 Å². The molecule has 74 valence electrons. The van der Waals surface area contributed by atoms with Crippen LogP contribution in [0.5, 0.6) is 0 Å². The topological polar surface area (TPSA) is 17.1 Å². The summed E-state index contributed by atoms with van der Waals surface area (Å²) in [5.41, 5.74) is 0. The summed E-state index contributed by atoms with van der Waals surface area (Å²) in [5.74, 6) is -2.66. The van der Waals surface area contributed by atoms with Crippen molar-refractivity contribution in [3.63, 3.8) is 0 Å². The lowest BCUT2D eigenvalue weighted by atomic mass is 9.82. The Balaban J connectivity index is 1.95. The van der Waals surface area contributed by atoms with Gasteiger partial charge >= 0.3 is 0 Å². The van der Waals surface area contributed by atoms with E-state index in [1.807, 2.05) is 0 Å². The third kappa shape index (κ3) is 2.06. The predicted octanol–water partition coefficient (Wildman–Crippen LogP) is 2.79. The molecule has 0 spiro atoms. The van der Waals surface area contributed by atoms with Gasteiger partial charge in [-0.1, -0.05) is 0 Å². The monoisotopic (exact) mass is 188 g/mol. The van der Waals surface area contributed by atoms with Crippen LogP contribution in [0.4, 0.5) is 8.78 Å². The smallest absolute Gasteiger partial charge is 0.248 e. The number of hydrogen-bond donors (Lipinski definition) is 0. The van der Waals surface area contributed by atoms with Gasteiger partial charge in [-0.15, -0.1) is 0 Å². The lowest BCUT2D eigenvalue weighted by Gasteiger charge is -2.27. The molecule has 0 saturated heterocycles. The summed E-state index contributed by atoms with van der Waals surface area (Å²) >= 11 is 0. The molecule has 13 heavy (non-hydrogen) atoms. The zero-order chi connectivity index (χ0) is 9.47. The van der Waals surface area contributed by atoms with Crippen molar-refractivity contribution in [3.8, 4) is 0 Å². The molecule has 1 atom stereocenters. The number of ketones is 1. The first kappa shape index (κ1) is 9.10. The molecule has 2 aliphatic rings. The van der Waals surface area contributed by atoms with E-state index in [1.165, 1.54) is 0 Å². The zero-order valence-corrected chi connectivity index (χ0v) is 7.56. The first-order valence-electron chi connectivity index (χ1n) is 5.00. The number of rotatable bonds is 2. The van der Waals surface area contributed by atoms with Crippen LogP contribution in [0.2, 0.25) is 0 Å². The van der Waals surface area contributed by atoms with E-state index in [-0.39, 0.29) is 30.5 Å². The Morgan fingerprint density at radius 2 is 1.85 bits per heavy atom. The average molecular weight is 188 g/mol. The van der Waals surface area contributed by atoms with E-state index < -0.39 is 5.92 Å². The van der Waals surface area contributed by atoms with Crippen LogP contribution in [-0.4, -0.2) is 11.7 Å². The van der Waals surface area contributed by atoms with Crippen LogP contribution in [0.1, 0.15) is 38.5 Å². The third-order valence-corrected chi connectivity index (χ3v) is 3.02. The van der Waals surface area contributed by atoms with Gasteiger partial charge in [0.1, 0.15) is 5.78 Å². The maximum Gasteiger partial charge on any atom is 0.248 e. The van der Waals surface area contributed by atoms with Gasteiger partial charge in [0.05, 0.1) is 0 Å². The second-order valence-corrected chi connectivity index (χ2v) is 4.33. The highest BCUT2D eigenvalue weighted by Crippen LogP contribution is 2.41. The second-order valence-electron chi connectivity index (χ2n) is 4.33. The average Bonchev–Trinajstić information content (AvgIpc) is 2.83. The Hall–Kier alpha value is -0.470. The molecule has 2 fully saturated rings. The first-order valence-corrected chi connectivity index (χ1v) is 5.00. The number of carbonyl (C=O) groups is 1. The third-order valence-electron chi connectivity index (χ3n) is 3.02. The molecule has 2 aliphatic carbocycles. The van der Waals surface area contributed by atoms with Crippen molar-refractivity contribution in [2.75, 3.05) is 0 Å². The number of Topliss-reactive ketones (excluding diaryl/α,β-unsaturated/α-hetero) is 1. The van der Waals surface area contributed by atoms with Crippen LogP contribution in [0, 0.1) is 11.8 Å². The summed E-state index contributed by atoms with van der Waals surface area (Å²) in [6.07, 6.45) is 2.84. The maximum absolute atomic E-state index is 12.9. The molecule has 0 aromatic rings. The van der Waals surface area contributed by atoms with Crippen LogP contribution in [-0.2, 0) is 4.79 Å². The van der Waals surface area contributed by atoms with E-state index in [4.69, 9.17) is 0 Å². The summed E-state index contributed by atoms with van der Waals surface area (Å²) in [4.78, 5) is 11.5. The van der Waals surface area contributed by atoms with E-state index in [0.29, 0.717) is 12.8 Å². The molecule has 0 amide bonds. The molecule has 0 aliphatic heterocycles. The molecule has 0 radical (unpaired) electrons. The summed E-state index contributed by atoms with van der Waals surface area (Å²) in [6.45, 7) is 0. The lowest BCUT2D eigenvalue weighted by Crippen LogP contribution is -2.31. The van der Waals surface area contributed by atoms with Crippen molar-refractivity contribution in [1.82, 2.24) is 0 Å². The van der Waals surface area contributed by atoms with E-state index in [2.05, 4.69) is 0 Å². The van der Waals surface area contributed by atoms with Gasteiger partial charge in [0.2, 0.25) is 5.92 Å². The predicted molar refractivity (Wildman–Crippen MR) is 44.6 cm³/mol. The number of carbonyl (C=O) groups excluding carboxylic acids is 1. The van der Waals surface area contributed by atoms with E-state index in [1.54, 1.807) is 0 Å². The maximum atomic E-state index is 12.9. The van der Waals surface area contributed by atoms with Gasteiger partial charge < -0.3 is 0 Å². The second kappa shape index (κ2) is 3.03. The first-order chi connectivity index (χ1) is 6.08. The molecule has 0 aromatic heterocycles. The SMILES string of the molecule is O=C(C1CC1)C1CCCC(F)(F)C1. The van der Waals surface area contributed by atoms with Gasteiger partial charge in [0.15, 0.2) is 0 Å². The number of halogens is 2. The van der Waals surface area contributed by atoms with Gasteiger partial charge in [-0.2, -0.15) is 0 Å². The van der Waals surface area contributed by atoms with Crippen molar-refractivity contribution in [1.29, 1.82) is 0 Å². The Morgan fingerprint density at radius 1 is 1.15 bits per heavy atom. The fourth-order valence-electron chi connectivity index (χ4n) is 2.12. The minimum Gasteiger partial charge on any atom is -0.299 e. The molecule has 0 aromatic carbocycles. The summed E-state index contributed by atoms with van der Waals surface area (Å²) < 4.78 is 25.9. The van der Waals surface area contributed by atoms with Crippen LogP contribution in [0.25, 0.3) is 0 Å². The van der Waals surface area contributed by atoms with E-state index in [0.717, 1.165) is 12.8 Å². The molecule has 0 bridgehead atoms. The minimum atomic E-state index is -2.58. The quantitative estimate of drug-likeness (QED) is 0.651. The van der Waals surface area contributed by atoms with Gasteiger partial charge in [0.25, 0.3) is 0 Å². The molecular formula is C10H14F2O. The number of hydrogen-bond acceptors (Lipinski definition) is 1. The standard InChI is InChI=1S/C10H14F2O/c11-10(12)5-1-2-8(6-10)9(13)7-3-4-7/h7-8H,1-6H2. The van der Waals surface area contributed by atoms with Crippen molar-refractivity contribution in [2.24, 2.45) is 11.8 Å². The molecule has 2 saturated carbocycles. The van der Waals surface area contributed by atoms with Gasteiger partial charge in [-0.25, -0.2) is 8.78 Å². The summed E-state index contributed by atoms with van der Waals surface area (Å²) in [6, 6.07) is 0. The van der Waals surface area contributed by atoms with Crippen LogP contribution < -0.4 is 0 Å². The van der Waals surface area contributed by atoms with Gasteiger partial charge in [0, 0.05) is 24.7 Å². The molecule has 2 rings (SSSR count). The zero-order valence-electron chi connectivity index (χ0n) is 7.56. The van der Waals surface area contributed by atoms with Crippen molar-refractivity contribution < 1.29 is 13.6 Å². The Morgan fingerprint density at radius 3 is 2.38 bits per heavy atom. The van der Waals surface area contributed by atoms with Crippen LogP contribution >= 0.6 is 0 Å². The number of alkyl halides is 2. The molecular weight excluding hydrogens is 174 g/mol. The summed E-state index contributed by atoms with van der Waals surface area (Å²) in [7, 11) is 0.